The maximum Gasteiger partial charge on any atom is 0.142 e. The van der Waals surface area contributed by atoms with E-state index in [-0.39, 0.29) is 5.82 Å². The van der Waals surface area contributed by atoms with Crippen molar-refractivity contribution in [1.82, 2.24) is 5.43 Å². The Morgan fingerprint density at radius 2 is 2.27 bits per heavy atom. The van der Waals surface area contributed by atoms with Gasteiger partial charge in [0.2, 0.25) is 0 Å². The number of hydrogen-bond acceptors (Lipinski definition) is 2. The molecule has 0 fully saturated rings. The third-order valence-electron chi connectivity index (χ3n) is 1.77. The van der Waals surface area contributed by atoms with Crippen molar-refractivity contribution in [1.29, 1.82) is 0 Å². The minimum absolute atomic E-state index is 0.321. The second-order valence-corrected chi connectivity index (χ2v) is 3.95. The van der Waals surface area contributed by atoms with Crippen LogP contribution in [0.25, 0.3) is 0 Å². The largest absolute Gasteiger partial charge is 0.308 e. The maximum absolute atomic E-state index is 13.1. The lowest BCUT2D eigenvalue weighted by atomic mass is 10.2. The summed E-state index contributed by atoms with van der Waals surface area (Å²) in [6, 6.07) is 4.54. The number of nitrogens with two attached hydrogens (primary N) is 1. The summed E-state index contributed by atoms with van der Waals surface area (Å²) in [5.74, 6) is 5.50. The van der Waals surface area contributed by atoms with Crippen molar-refractivity contribution in [3.8, 4) is 0 Å². The fraction of sp³-hybridized carbons (Fsp3) is 0.300. The number of halogens is 2. The lowest BCUT2D eigenvalue weighted by Crippen LogP contribution is -2.31. The molecule has 3 nitrogen and oxygen atoms in total. The van der Waals surface area contributed by atoms with Crippen molar-refractivity contribution >= 4 is 21.8 Å². The second-order valence-electron chi connectivity index (χ2n) is 3.03. The predicted octanol–water partition coefficient (Wildman–Crippen LogP) is 2.21. The van der Waals surface area contributed by atoms with Crippen LogP contribution in [0.15, 0.2) is 27.7 Å². The average Bonchev–Trinajstić information content (AvgIpc) is 2.17. The molecule has 0 unspecified atom stereocenters. The quantitative estimate of drug-likeness (QED) is 0.384. The SMILES string of the molecule is CCCN=C(NN)c1cc(F)cc(Br)c1. The first-order valence-electron chi connectivity index (χ1n) is 4.65. The van der Waals surface area contributed by atoms with Crippen LogP contribution in [0.1, 0.15) is 18.9 Å². The molecule has 0 aliphatic rings. The molecule has 0 heterocycles. The molecule has 0 bridgehead atoms. The molecule has 0 saturated carbocycles. The van der Waals surface area contributed by atoms with E-state index in [0.29, 0.717) is 22.4 Å². The van der Waals surface area contributed by atoms with E-state index < -0.39 is 0 Å². The zero-order valence-corrected chi connectivity index (χ0v) is 10.0. The topological polar surface area (TPSA) is 50.4 Å². The highest BCUT2D eigenvalue weighted by atomic mass is 79.9. The Morgan fingerprint density at radius 3 is 2.80 bits per heavy atom. The number of nitrogens with one attached hydrogen (secondary N) is 1. The van der Waals surface area contributed by atoms with Crippen LogP contribution in [0, 0.1) is 5.82 Å². The number of aliphatic imine (C=N–C) groups is 1. The van der Waals surface area contributed by atoms with E-state index in [1.165, 1.54) is 12.1 Å². The molecule has 1 aromatic rings. The average molecular weight is 274 g/mol. The van der Waals surface area contributed by atoms with Gasteiger partial charge in [-0.05, 0) is 24.6 Å². The van der Waals surface area contributed by atoms with Crippen molar-refractivity contribution in [3.63, 3.8) is 0 Å². The van der Waals surface area contributed by atoms with Crippen LogP contribution < -0.4 is 11.3 Å². The van der Waals surface area contributed by atoms with Gasteiger partial charge in [-0.15, -0.1) is 0 Å². The summed E-state index contributed by atoms with van der Waals surface area (Å²) in [7, 11) is 0. The molecule has 0 aliphatic heterocycles. The molecule has 0 aliphatic carbocycles. The monoisotopic (exact) mass is 273 g/mol. The molecule has 3 N–H and O–H groups in total. The molecule has 5 heteroatoms. The Hall–Kier alpha value is -0.940. The van der Waals surface area contributed by atoms with Gasteiger partial charge in [0.05, 0.1) is 0 Å². The summed E-state index contributed by atoms with van der Waals surface area (Å²) in [6.45, 7) is 2.67. The highest BCUT2D eigenvalue weighted by Crippen LogP contribution is 2.15. The lowest BCUT2D eigenvalue weighted by Gasteiger charge is -2.06. The van der Waals surface area contributed by atoms with Crippen LogP contribution in [0.5, 0.6) is 0 Å². The summed E-state index contributed by atoms with van der Waals surface area (Å²) < 4.78 is 13.8. The van der Waals surface area contributed by atoms with Gasteiger partial charge in [0.25, 0.3) is 0 Å². The van der Waals surface area contributed by atoms with E-state index in [4.69, 9.17) is 5.84 Å². The van der Waals surface area contributed by atoms with Crippen LogP contribution >= 0.6 is 15.9 Å². The minimum Gasteiger partial charge on any atom is -0.308 e. The van der Waals surface area contributed by atoms with Crippen LogP contribution in [-0.4, -0.2) is 12.4 Å². The number of benzene rings is 1. The highest BCUT2D eigenvalue weighted by Gasteiger charge is 2.04. The van der Waals surface area contributed by atoms with Gasteiger partial charge in [0, 0.05) is 16.6 Å². The Labute approximate surface area is 96.7 Å². The molecule has 0 saturated heterocycles. The van der Waals surface area contributed by atoms with Crippen molar-refractivity contribution in [2.75, 3.05) is 6.54 Å². The predicted molar refractivity (Wildman–Crippen MR) is 63.1 cm³/mol. The molecule has 0 amide bonds. The fourth-order valence-corrected chi connectivity index (χ4v) is 1.60. The molecule has 82 valence electrons. The summed E-state index contributed by atoms with van der Waals surface area (Å²) in [4.78, 5) is 4.21. The Balaban J connectivity index is 3.01. The van der Waals surface area contributed by atoms with E-state index in [1.807, 2.05) is 6.92 Å². The molecular weight excluding hydrogens is 261 g/mol. The van der Waals surface area contributed by atoms with E-state index in [9.17, 15) is 4.39 Å². The van der Waals surface area contributed by atoms with Crippen LogP contribution in [0.2, 0.25) is 0 Å². The summed E-state index contributed by atoms with van der Waals surface area (Å²) in [6.07, 6.45) is 0.918. The van der Waals surface area contributed by atoms with Gasteiger partial charge in [-0.1, -0.05) is 22.9 Å². The number of nitrogens with zero attached hydrogens (tertiary/aromatic N) is 1. The van der Waals surface area contributed by atoms with Gasteiger partial charge in [-0.2, -0.15) is 0 Å². The van der Waals surface area contributed by atoms with Gasteiger partial charge in [-0.25, -0.2) is 10.2 Å². The minimum atomic E-state index is -0.321. The molecule has 0 atom stereocenters. The van der Waals surface area contributed by atoms with Gasteiger partial charge >= 0.3 is 0 Å². The van der Waals surface area contributed by atoms with E-state index in [1.54, 1.807) is 6.07 Å². The zero-order chi connectivity index (χ0) is 11.3. The molecular formula is C10H13BrFN3. The number of amidine groups is 1. The van der Waals surface area contributed by atoms with Gasteiger partial charge in [-0.3, -0.25) is 4.99 Å². The fourth-order valence-electron chi connectivity index (χ4n) is 1.13. The first-order chi connectivity index (χ1) is 7.17. The lowest BCUT2D eigenvalue weighted by molar-refractivity contribution is 0.626. The number of rotatable bonds is 3. The number of hydrazine groups is 1. The van der Waals surface area contributed by atoms with Crippen LogP contribution in [0.3, 0.4) is 0 Å². The smallest absolute Gasteiger partial charge is 0.142 e. The third-order valence-corrected chi connectivity index (χ3v) is 2.22. The van der Waals surface area contributed by atoms with E-state index >= 15 is 0 Å². The maximum atomic E-state index is 13.1. The van der Waals surface area contributed by atoms with Gasteiger partial charge in [0.1, 0.15) is 11.7 Å². The highest BCUT2D eigenvalue weighted by molar-refractivity contribution is 9.10. The van der Waals surface area contributed by atoms with E-state index in [0.717, 1.165) is 6.42 Å². The van der Waals surface area contributed by atoms with Crippen molar-refractivity contribution < 1.29 is 4.39 Å². The van der Waals surface area contributed by atoms with Gasteiger partial charge < -0.3 is 5.43 Å². The summed E-state index contributed by atoms with van der Waals surface area (Å²) in [5, 5.41) is 0. The molecule has 0 radical (unpaired) electrons. The van der Waals surface area contributed by atoms with Crippen LogP contribution in [-0.2, 0) is 0 Å². The van der Waals surface area contributed by atoms with Crippen molar-refractivity contribution in [2.45, 2.75) is 13.3 Å². The molecule has 1 rings (SSSR count). The Morgan fingerprint density at radius 1 is 1.53 bits per heavy atom. The standard InChI is InChI=1S/C10H13BrFN3/c1-2-3-14-10(15-13)7-4-8(11)6-9(12)5-7/h4-6H,2-3,13H2,1H3,(H,14,15). The number of hydrogen-bond donors (Lipinski definition) is 2. The van der Waals surface area contributed by atoms with Crippen molar-refractivity contribution in [2.24, 2.45) is 10.8 Å². The molecule has 15 heavy (non-hydrogen) atoms. The Bertz CT molecular complexity index is 345. The third kappa shape index (κ3) is 3.60. The first kappa shape index (κ1) is 12.1. The Kier molecular flexibility index (Phi) is 4.71. The van der Waals surface area contributed by atoms with Gasteiger partial charge in [0.15, 0.2) is 0 Å². The van der Waals surface area contributed by atoms with E-state index in [2.05, 4.69) is 26.3 Å². The van der Waals surface area contributed by atoms with Crippen molar-refractivity contribution in [3.05, 3.63) is 34.1 Å². The zero-order valence-electron chi connectivity index (χ0n) is 8.43. The molecule has 0 aromatic heterocycles. The first-order valence-corrected chi connectivity index (χ1v) is 5.44. The molecule has 0 spiro atoms. The molecule has 1 aromatic carbocycles. The summed E-state index contributed by atoms with van der Waals surface area (Å²) >= 11 is 3.22. The second kappa shape index (κ2) is 5.82. The van der Waals surface area contributed by atoms with Crippen LogP contribution in [0.4, 0.5) is 4.39 Å². The normalized spacial score (nSPS) is 11.6. The summed E-state index contributed by atoms with van der Waals surface area (Å²) in [5.41, 5.74) is 3.11.